The number of methoxy groups -OCH3 is 1. The van der Waals surface area contributed by atoms with Gasteiger partial charge in [-0.15, -0.1) is 0 Å². The van der Waals surface area contributed by atoms with E-state index in [-0.39, 0.29) is 17.9 Å². The van der Waals surface area contributed by atoms with Gasteiger partial charge in [0.15, 0.2) is 0 Å². The van der Waals surface area contributed by atoms with Gasteiger partial charge in [-0.1, -0.05) is 18.2 Å². The first-order valence-corrected chi connectivity index (χ1v) is 10.0. The molecule has 1 saturated heterocycles. The molecule has 2 aromatic carbocycles. The van der Waals surface area contributed by atoms with E-state index in [1.165, 1.54) is 0 Å². The fraction of sp³-hybridized carbons (Fsp3) is 0.391. The molecule has 1 aliphatic heterocycles. The SMILES string of the molecule is CCN(C(=O)c1cccc(NC(=O)C2CCCO2)c1)C(C)c1cccc(OC)c1. The van der Waals surface area contributed by atoms with Gasteiger partial charge in [0.1, 0.15) is 11.9 Å². The number of amides is 2. The summed E-state index contributed by atoms with van der Waals surface area (Å²) < 4.78 is 10.7. The van der Waals surface area contributed by atoms with Crippen LogP contribution in [-0.2, 0) is 9.53 Å². The molecule has 1 heterocycles. The van der Waals surface area contributed by atoms with Gasteiger partial charge in [-0.2, -0.15) is 0 Å². The predicted octanol–water partition coefficient (Wildman–Crippen LogP) is 4.04. The molecule has 2 unspecified atom stereocenters. The first-order valence-electron chi connectivity index (χ1n) is 10.0. The first kappa shape index (κ1) is 20.9. The Bertz CT molecular complexity index is 861. The summed E-state index contributed by atoms with van der Waals surface area (Å²) in [6.07, 6.45) is 1.21. The van der Waals surface area contributed by atoms with E-state index in [2.05, 4.69) is 5.32 Å². The highest BCUT2D eigenvalue weighted by Crippen LogP contribution is 2.26. The highest BCUT2D eigenvalue weighted by Gasteiger charge is 2.25. The molecule has 6 heteroatoms. The number of nitrogens with one attached hydrogen (secondary N) is 1. The number of hydrogen-bond acceptors (Lipinski definition) is 4. The Morgan fingerprint density at radius 2 is 2.03 bits per heavy atom. The van der Waals surface area contributed by atoms with Crippen LogP contribution in [0.25, 0.3) is 0 Å². The van der Waals surface area contributed by atoms with Crippen molar-refractivity contribution in [3.8, 4) is 5.75 Å². The monoisotopic (exact) mass is 396 g/mol. The van der Waals surface area contributed by atoms with Gasteiger partial charge in [0.05, 0.1) is 13.2 Å². The predicted molar refractivity (Wildman–Crippen MR) is 112 cm³/mol. The van der Waals surface area contributed by atoms with Crippen molar-refractivity contribution in [1.82, 2.24) is 4.90 Å². The lowest BCUT2D eigenvalue weighted by molar-refractivity contribution is -0.124. The van der Waals surface area contributed by atoms with Crippen molar-refractivity contribution in [2.24, 2.45) is 0 Å². The van der Waals surface area contributed by atoms with Gasteiger partial charge in [-0.3, -0.25) is 9.59 Å². The van der Waals surface area contributed by atoms with E-state index >= 15 is 0 Å². The zero-order chi connectivity index (χ0) is 20.8. The quantitative estimate of drug-likeness (QED) is 0.767. The second kappa shape index (κ2) is 9.56. The molecule has 0 aromatic heterocycles. The Morgan fingerprint density at radius 3 is 2.72 bits per heavy atom. The van der Waals surface area contributed by atoms with Crippen LogP contribution in [0, 0.1) is 0 Å². The molecule has 1 fully saturated rings. The molecule has 154 valence electrons. The third kappa shape index (κ3) is 4.95. The van der Waals surface area contributed by atoms with Gasteiger partial charge in [0, 0.05) is 24.4 Å². The Morgan fingerprint density at radius 1 is 1.24 bits per heavy atom. The van der Waals surface area contributed by atoms with Crippen LogP contribution in [0.15, 0.2) is 48.5 Å². The van der Waals surface area contributed by atoms with E-state index in [1.807, 2.05) is 38.1 Å². The second-order valence-electron chi connectivity index (χ2n) is 7.12. The van der Waals surface area contributed by atoms with Crippen molar-refractivity contribution >= 4 is 17.5 Å². The summed E-state index contributed by atoms with van der Waals surface area (Å²) >= 11 is 0. The summed E-state index contributed by atoms with van der Waals surface area (Å²) in [7, 11) is 1.63. The molecule has 3 rings (SSSR count). The maximum Gasteiger partial charge on any atom is 0.254 e. The number of rotatable bonds is 7. The van der Waals surface area contributed by atoms with E-state index in [9.17, 15) is 9.59 Å². The van der Waals surface area contributed by atoms with Crippen LogP contribution in [0.3, 0.4) is 0 Å². The zero-order valence-electron chi connectivity index (χ0n) is 17.2. The van der Waals surface area contributed by atoms with E-state index < -0.39 is 6.10 Å². The topological polar surface area (TPSA) is 67.9 Å². The fourth-order valence-electron chi connectivity index (χ4n) is 3.58. The highest BCUT2D eigenvalue weighted by atomic mass is 16.5. The van der Waals surface area contributed by atoms with Gasteiger partial charge in [0.2, 0.25) is 0 Å². The number of ether oxygens (including phenoxy) is 2. The molecular weight excluding hydrogens is 368 g/mol. The first-order chi connectivity index (χ1) is 14.0. The molecule has 0 saturated carbocycles. The van der Waals surface area contributed by atoms with Crippen molar-refractivity contribution in [2.75, 3.05) is 25.6 Å². The van der Waals surface area contributed by atoms with Crippen LogP contribution in [-0.4, -0.2) is 43.1 Å². The van der Waals surface area contributed by atoms with Crippen LogP contribution in [0.1, 0.15) is 48.7 Å². The number of anilines is 1. The smallest absolute Gasteiger partial charge is 0.254 e. The lowest BCUT2D eigenvalue weighted by Gasteiger charge is -2.29. The molecule has 2 aromatic rings. The summed E-state index contributed by atoms with van der Waals surface area (Å²) in [6.45, 7) is 5.13. The lowest BCUT2D eigenvalue weighted by atomic mass is 10.0. The maximum absolute atomic E-state index is 13.2. The van der Waals surface area contributed by atoms with Crippen molar-refractivity contribution < 1.29 is 19.1 Å². The Labute approximate surface area is 171 Å². The summed E-state index contributed by atoms with van der Waals surface area (Å²) in [5, 5.41) is 2.86. The minimum atomic E-state index is -0.408. The zero-order valence-corrected chi connectivity index (χ0v) is 17.2. The van der Waals surface area contributed by atoms with Crippen molar-refractivity contribution in [2.45, 2.75) is 38.8 Å². The largest absolute Gasteiger partial charge is 0.497 e. The molecular formula is C23H28N2O4. The molecule has 2 amide bonds. The van der Waals surface area contributed by atoms with E-state index in [1.54, 1.807) is 36.3 Å². The average molecular weight is 396 g/mol. The van der Waals surface area contributed by atoms with E-state index in [0.717, 1.165) is 24.2 Å². The van der Waals surface area contributed by atoms with E-state index in [0.29, 0.717) is 24.4 Å². The molecule has 6 nitrogen and oxygen atoms in total. The average Bonchev–Trinajstić information content (AvgIpc) is 3.29. The highest BCUT2D eigenvalue weighted by molar-refractivity contribution is 5.98. The number of carbonyl (C=O) groups excluding carboxylic acids is 2. The Balaban J connectivity index is 1.75. The Kier molecular flexibility index (Phi) is 6.88. The van der Waals surface area contributed by atoms with Gasteiger partial charge < -0.3 is 19.7 Å². The summed E-state index contributed by atoms with van der Waals surface area (Å²) in [5.74, 6) is 0.511. The summed E-state index contributed by atoms with van der Waals surface area (Å²) in [4.78, 5) is 27.3. The number of nitrogens with zero attached hydrogens (tertiary/aromatic N) is 1. The molecule has 1 aliphatic rings. The van der Waals surface area contributed by atoms with E-state index in [4.69, 9.17) is 9.47 Å². The molecule has 0 aliphatic carbocycles. The second-order valence-corrected chi connectivity index (χ2v) is 7.12. The molecule has 29 heavy (non-hydrogen) atoms. The summed E-state index contributed by atoms with van der Waals surface area (Å²) in [5.41, 5.74) is 2.13. The van der Waals surface area contributed by atoms with Crippen LogP contribution >= 0.6 is 0 Å². The van der Waals surface area contributed by atoms with Gasteiger partial charge in [-0.25, -0.2) is 0 Å². The van der Waals surface area contributed by atoms with Crippen LogP contribution in [0.5, 0.6) is 5.75 Å². The van der Waals surface area contributed by atoms with Crippen LogP contribution in [0.4, 0.5) is 5.69 Å². The standard InChI is InChI=1S/C23H28N2O4/c1-4-25(16(2)17-8-6-11-20(15-17)28-3)23(27)18-9-5-10-19(14-18)24-22(26)21-12-7-13-29-21/h5-6,8-11,14-16,21H,4,7,12-13H2,1-3H3,(H,24,26). The third-order valence-electron chi connectivity index (χ3n) is 5.24. The molecule has 1 N–H and O–H groups in total. The van der Waals surface area contributed by atoms with Gasteiger partial charge in [0.25, 0.3) is 11.8 Å². The van der Waals surface area contributed by atoms with Crippen LogP contribution in [0.2, 0.25) is 0 Å². The summed E-state index contributed by atoms with van der Waals surface area (Å²) in [6, 6.07) is 14.7. The lowest BCUT2D eigenvalue weighted by Crippen LogP contribution is -2.33. The molecule has 2 atom stereocenters. The normalized spacial score (nSPS) is 16.9. The molecule has 0 spiro atoms. The number of hydrogen-bond donors (Lipinski definition) is 1. The van der Waals surface area contributed by atoms with Crippen molar-refractivity contribution in [1.29, 1.82) is 0 Å². The maximum atomic E-state index is 13.2. The minimum absolute atomic E-state index is 0.0870. The minimum Gasteiger partial charge on any atom is -0.497 e. The molecule has 0 radical (unpaired) electrons. The van der Waals surface area contributed by atoms with Crippen molar-refractivity contribution in [3.63, 3.8) is 0 Å². The fourth-order valence-corrected chi connectivity index (χ4v) is 3.58. The third-order valence-corrected chi connectivity index (χ3v) is 5.24. The number of benzene rings is 2. The van der Waals surface area contributed by atoms with Crippen LogP contribution < -0.4 is 10.1 Å². The number of carbonyl (C=O) groups is 2. The Hall–Kier alpha value is -2.86. The van der Waals surface area contributed by atoms with Crippen molar-refractivity contribution in [3.05, 3.63) is 59.7 Å². The van der Waals surface area contributed by atoms with Gasteiger partial charge >= 0.3 is 0 Å². The van der Waals surface area contributed by atoms with Gasteiger partial charge in [-0.05, 0) is 62.6 Å². The molecule has 0 bridgehead atoms.